The topological polar surface area (TPSA) is 46.1 Å². The molecule has 0 bridgehead atoms. The van der Waals surface area contributed by atoms with Crippen LogP contribution in [0.5, 0.6) is 0 Å². The van der Waals surface area contributed by atoms with Gasteiger partial charge in [-0.3, -0.25) is 0 Å². The third-order valence-corrected chi connectivity index (χ3v) is 5.37. The summed E-state index contributed by atoms with van der Waals surface area (Å²) in [5.74, 6) is 0. The van der Waals surface area contributed by atoms with Crippen LogP contribution < -0.4 is 8.27 Å². The van der Waals surface area contributed by atoms with Gasteiger partial charge in [-0.05, 0) is 55.4 Å². The van der Waals surface area contributed by atoms with Gasteiger partial charge in [-0.2, -0.15) is 0 Å². The van der Waals surface area contributed by atoms with Gasteiger partial charge in [-0.15, -0.1) is 0 Å². The Labute approximate surface area is 148 Å². The summed E-state index contributed by atoms with van der Waals surface area (Å²) >= 11 is -3.25. The average Bonchev–Trinajstić information content (AvgIpc) is 2.53. The van der Waals surface area contributed by atoms with Gasteiger partial charge in [0.2, 0.25) is 0 Å². The Balaban J connectivity index is -0.000000266. The second-order valence-corrected chi connectivity index (χ2v) is 8.24. The average molecular weight is 397 g/mol. The van der Waals surface area contributed by atoms with Crippen LogP contribution in [-0.2, 0) is 0 Å². The number of rotatable bonds is 8. The van der Waals surface area contributed by atoms with Gasteiger partial charge in [-0.25, -0.2) is 0 Å². The van der Waals surface area contributed by atoms with Gasteiger partial charge in [0.15, 0.2) is 0 Å². The predicted octanol–water partition coefficient (Wildman–Crippen LogP) is 1.66. The first-order chi connectivity index (χ1) is 10.2. The first-order valence-electron chi connectivity index (χ1n) is 8.80. The minimum atomic E-state index is -3.25. The van der Waals surface area contributed by atoms with Gasteiger partial charge < -0.3 is 8.97 Å². The van der Waals surface area contributed by atoms with Crippen molar-refractivity contribution in [1.82, 2.24) is 0 Å². The number of nitrogens with zero attached hydrogens (tertiary/aromatic N) is 2. The Bertz CT molecular complexity index is 200. The van der Waals surface area contributed by atoms with Crippen LogP contribution in [0.4, 0.5) is 0 Å². The molecule has 0 aromatic heterocycles. The van der Waals surface area contributed by atoms with Crippen molar-refractivity contribution in [3.05, 3.63) is 0 Å². The third kappa shape index (κ3) is 12.8. The Hall–Kier alpha value is 0.283. The van der Waals surface area contributed by atoms with E-state index in [1.54, 1.807) is 0 Å². The molecule has 0 radical (unpaired) electrons. The minimum absolute atomic E-state index is 1.28. The zero-order chi connectivity index (χ0) is 18.2. The predicted molar refractivity (Wildman–Crippen MR) is 98.2 cm³/mol. The molecule has 22 heavy (non-hydrogen) atoms. The van der Waals surface area contributed by atoms with Crippen LogP contribution in [0.25, 0.3) is 0 Å². The van der Waals surface area contributed by atoms with Gasteiger partial charge in [0, 0.05) is 0 Å². The van der Waals surface area contributed by atoms with E-state index in [0.717, 1.165) is 0 Å². The van der Waals surface area contributed by atoms with E-state index < -0.39 is 13.4 Å². The molecule has 0 aliphatic heterocycles. The van der Waals surface area contributed by atoms with Crippen LogP contribution in [0, 0.1) is 0 Å². The van der Waals surface area contributed by atoms with E-state index in [4.69, 9.17) is 8.27 Å². The fraction of sp³-hybridized carbons (Fsp3) is 1.00. The fourth-order valence-electron chi connectivity index (χ4n) is 2.68. The zero-order valence-corrected chi connectivity index (χ0v) is 19.2. The van der Waals surface area contributed by atoms with Crippen molar-refractivity contribution >= 4 is 23.8 Å². The molecule has 0 spiro atoms. The summed E-state index contributed by atoms with van der Waals surface area (Å²) in [5.41, 5.74) is 0. The molecule has 0 aliphatic rings. The van der Waals surface area contributed by atoms with Crippen LogP contribution >= 0.6 is 10.5 Å². The first-order valence-corrected chi connectivity index (χ1v) is 13.5. The molecule has 0 N–H and O–H groups in total. The molecule has 6 heteroatoms. The Kier molecular flexibility index (Phi) is 19.9. The monoisotopic (exact) mass is 398 g/mol. The Morgan fingerprint density at radius 2 is 0.636 bits per heavy atom. The van der Waals surface area contributed by atoms with Gasteiger partial charge >= 0.3 is 32.1 Å². The maximum atomic E-state index is 8.95. The van der Waals surface area contributed by atoms with E-state index >= 15 is 0 Å². The second kappa shape index (κ2) is 16.2. The van der Waals surface area contributed by atoms with Gasteiger partial charge in [0.05, 0.1) is 52.4 Å². The van der Waals surface area contributed by atoms with Crippen molar-refractivity contribution in [1.29, 1.82) is 0 Å². The van der Waals surface area contributed by atoms with Crippen molar-refractivity contribution in [2.45, 2.75) is 55.4 Å². The van der Waals surface area contributed by atoms with Gasteiger partial charge in [-0.1, -0.05) is 0 Å². The van der Waals surface area contributed by atoms with Crippen molar-refractivity contribution in [2.75, 3.05) is 52.4 Å². The zero-order valence-electron chi connectivity index (χ0n) is 16.3. The summed E-state index contributed by atoms with van der Waals surface area (Å²) in [6.07, 6.45) is 0. The molecule has 0 amide bonds. The molecule has 0 aliphatic carbocycles. The summed E-state index contributed by atoms with van der Waals surface area (Å²) in [7, 11) is 3.68. The number of hydrogen-bond acceptors (Lipinski definition) is 3. The normalized spacial score (nSPS) is 10.9. The summed E-state index contributed by atoms with van der Waals surface area (Å²) in [6, 6.07) is 0. The summed E-state index contributed by atoms with van der Waals surface area (Å²) in [6.45, 7) is 28.4. The molecule has 0 fully saturated rings. The molecule has 0 saturated carbocycles. The molecular weight excluding hydrogens is 357 g/mol. The van der Waals surface area contributed by atoms with Crippen LogP contribution in [0.15, 0.2) is 0 Å². The Morgan fingerprint density at radius 3 is 0.636 bits per heavy atom. The van der Waals surface area contributed by atoms with Crippen LogP contribution in [0.3, 0.4) is 0 Å². The molecule has 0 rings (SSSR count). The van der Waals surface area contributed by atoms with Crippen molar-refractivity contribution in [3.8, 4) is 0 Å². The summed E-state index contributed by atoms with van der Waals surface area (Å²) in [5, 5.41) is 0. The quantitative estimate of drug-likeness (QED) is 0.463. The molecule has 0 unspecified atom stereocenters. The number of hydrogen-bond donors (Lipinski definition) is 0. The molecule has 0 atom stereocenters. The SMILES string of the molecule is CC[N+](CC)(CC)CC.CC[N+](CC)(CC)CC.[O-][Ge]([O-])=[S]. The van der Waals surface area contributed by atoms with E-state index in [-0.39, 0.29) is 0 Å². The molecule has 0 aromatic carbocycles. The van der Waals surface area contributed by atoms with E-state index in [0.29, 0.717) is 0 Å². The van der Waals surface area contributed by atoms with E-state index in [9.17, 15) is 0 Å². The van der Waals surface area contributed by atoms with Gasteiger partial charge in [0.25, 0.3) is 0 Å². The van der Waals surface area contributed by atoms with Crippen molar-refractivity contribution < 1.29 is 17.2 Å². The second-order valence-electron chi connectivity index (χ2n) is 5.46. The maximum absolute atomic E-state index is 8.95. The van der Waals surface area contributed by atoms with Crippen LogP contribution in [-0.4, -0.2) is 74.7 Å². The van der Waals surface area contributed by atoms with E-state index in [1.165, 1.54) is 61.3 Å². The fourth-order valence-corrected chi connectivity index (χ4v) is 2.68. The molecule has 0 heterocycles. The first kappa shape index (κ1) is 27.1. The molecular formula is C16H40GeN2O2S. The summed E-state index contributed by atoms with van der Waals surface area (Å²) < 4.78 is 20.5. The van der Waals surface area contributed by atoms with Crippen LogP contribution in [0.1, 0.15) is 55.4 Å². The number of quaternary nitrogens is 2. The summed E-state index contributed by atoms with van der Waals surface area (Å²) in [4.78, 5) is 0. The van der Waals surface area contributed by atoms with E-state index in [1.807, 2.05) is 0 Å². The standard InChI is InChI=1S/2C8H20N.GeO2S/c2*1-5-9(6-2,7-3)8-4;2-1(3)4/h2*5-8H2,1-4H3;/q2*+1;-2. The molecule has 0 aromatic rings. The van der Waals surface area contributed by atoms with E-state index in [2.05, 4.69) is 65.8 Å². The third-order valence-electron chi connectivity index (χ3n) is 5.37. The molecule has 0 saturated heterocycles. The van der Waals surface area contributed by atoms with Crippen molar-refractivity contribution in [3.63, 3.8) is 0 Å². The Morgan fingerprint density at radius 1 is 0.545 bits per heavy atom. The van der Waals surface area contributed by atoms with Crippen LogP contribution in [0.2, 0.25) is 0 Å². The van der Waals surface area contributed by atoms with Crippen molar-refractivity contribution in [2.24, 2.45) is 0 Å². The molecule has 4 nitrogen and oxygen atoms in total. The van der Waals surface area contributed by atoms with Gasteiger partial charge in [0.1, 0.15) is 0 Å². The molecule has 136 valence electrons.